The Kier molecular flexibility index (Phi) is 6.68. The molecule has 31 heavy (non-hydrogen) atoms. The summed E-state index contributed by atoms with van der Waals surface area (Å²) in [5, 5.41) is 7.67. The second-order valence-electron chi connectivity index (χ2n) is 7.42. The Balaban J connectivity index is 1.32. The van der Waals surface area contributed by atoms with E-state index in [9.17, 15) is 18.0 Å². The molecule has 3 heterocycles. The monoisotopic (exact) mass is 466 g/mol. The maximum absolute atomic E-state index is 12.7. The third-order valence-electron chi connectivity index (χ3n) is 4.98. The van der Waals surface area contributed by atoms with Crippen LogP contribution in [0.5, 0.6) is 0 Å². The summed E-state index contributed by atoms with van der Waals surface area (Å²) >= 11 is 2.70. The number of nitrogens with zero attached hydrogens (tertiary/aromatic N) is 3. The summed E-state index contributed by atoms with van der Waals surface area (Å²) in [7, 11) is 0. The molecule has 1 aliphatic heterocycles. The SMILES string of the molecule is O=C(Cc1csc(-c2ccc(C(F)(F)F)cc2)n1)Nc1nc(CN2CCCCC2)cs1. The van der Waals surface area contributed by atoms with Gasteiger partial charge in [-0.25, -0.2) is 9.97 Å². The highest BCUT2D eigenvalue weighted by Gasteiger charge is 2.30. The molecule has 0 saturated carbocycles. The fourth-order valence-corrected chi connectivity index (χ4v) is 4.98. The molecular formula is C21H21F3N4OS2. The summed E-state index contributed by atoms with van der Waals surface area (Å²) in [6.07, 6.45) is -0.565. The highest BCUT2D eigenvalue weighted by atomic mass is 32.1. The third kappa shape index (κ3) is 5.90. The lowest BCUT2D eigenvalue weighted by Gasteiger charge is -2.25. The molecule has 10 heteroatoms. The van der Waals surface area contributed by atoms with Crippen molar-refractivity contribution in [1.29, 1.82) is 0 Å². The Bertz CT molecular complexity index is 1020. The summed E-state index contributed by atoms with van der Waals surface area (Å²) < 4.78 is 38.1. The van der Waals surface area contributed by atoms with Gasteiger partial charge in [-0.15, -0.1) is 22.7 Å². The van der Waals surface area contributed by atoms with Crippen molar-refractivity contribution >= 4 is 33.7 Å². The first-order valence-electron chi connectivity index (χ1n) is 9.95. The molecule has 1 fully saturated rings. The van der Waals surface area contributed by atoms with Crippen LogP contribution in [-0.2, 0) is 23.9 Å². The van der Waals surface area contributed by atoms with Crippen LogP contribution in [-0.4, -0.2) is 33.9 Å². The second-order valence-corrected chi connectivity index (χ2v) is 9.14. The van der Waals surface area contributed by atoms with Crippen LogP contribution in [0.15, 0.2) is 35.0 Å². The summed E-state index contributed by atoms with van der Waals surface area (Å²) in [5.74, 6) is -0.219. The van der Waals surface area contributed by atoms with E-state index in [1.54, 1.807) is 5.38 Å². The number of carbonyl (C=O) groups is 1. The van der Waals surface area contributed by atoms with Crippen LogP contribution in [0.4, 0.5) is 18.3 Å². The standard InChI is InChI=1S/C21H21F3N4OS2/c22-21(23,24)15-6-4-14(5-7-15)19-25-16(12-30-19)10-18(29)27-20-26-17(13-31-20)11-28-8-2-1-3-9-28/h4-7,12-13H,1-3,8-11H2,(H,26,27,29). The number of nitrogens with one attached hydrogen (secondary N) is 1. The van der Waals surface area contributed by atoms with Gasteiger partial charge in [0.05, 0.1) is 23.4 Å². The first kappa shape index (κ1) is 21.9. The molecule has 4 rings (SSSR count). The van der Waals surface area contributed by atoms with Gasteiger partial charge in [-0.1, -0.05) is 18.6 Å². The van der Waals surface area contributed by atoms with Gasteiger partial charge in [0.1, 0.15) is 5.01 Å². The number of piperidine rings is 1. The Labute approximate surface area is 186 Å². The number of hydrogen-bond donors (Lipinski definition) is 1. The minimum atomic E-state index is -4.37. The summed E-state index contributed by atoms with van der Waals surface area (Å²) in [5.41, 5.74) is 1.42. The average molecular weight is 467 g/mol. The third-order valence-corrected chi connectivity index (χ3v) is 6.73. The van der Waals surface area contributed by atoms with Gasteiger partial charge in [-0.3, -0.25) is 9.69 Å². The average Bonchev–Trinajstić information content (AvgIpc) is 3.38. The molecule has 0 radical (unpaired) electrons. The minimum absolute atomic E-state index is 0.0815. The Morgan fingerprint density at radius 3 is 2.42 bits per heavy atom. The lowest BCUT2D eigenvalue weighted by Crippen LogP contribution is -2.29. The highest BCUT2D eigenvalue weighted by Crippen LogP contribution is 2.32. The zero-order chi connectivity index (χ0) is 21.8. The van der Waals surface area contributed by atoms with Crippen molar-refractivity contribution in [2.75, 3.05) is 18.4 Å². The molecule has 5 nitrogen and oxygen atoms in total. The second kappa shape index (κ2) is 9.46. The molecule has 1 aromatic carbocycles. The van der Waals surface area contributed by atoms with E-state index in [0.29, 0.717) is 21.4 Å². The number of benzene rings is 1. The minimum Gasteiger partial charge on any atom is -0.302 e. The van der Waals surface area contributed by atoms with Gasteiger partial charge in [0.25, 0.3) is 0 Å². The fraction of sp³-hybridized carbons (Fsp3) is 0.381. The van der Waals surface area contributed by atoms with Crippen LogP contribution in [0.2, 0.25) is 0 Å². The first-order chi connectivity index (χ1) is 14.9. The van der Waals surface area contributed by atoms with E-state index in [2.05, 4.69) is 20.2 Å². The van der Waals surface area contributed by atoms with Crippen LogP contribution in [0.3, 0.4) is 0 Å². The van der Waals surface area contributed by atoms with Crippen molar-refractivity contribution in [3.05, 3.63) is 52.0 Å². The number of likely N-dealkylation sites (tertiary alicyclic amines) is 1. The number of alkyl halides is 3. The van der Waals surface area contributed by atoms with Crippen LogP contribution in [0, 0.1) is 0 Å². The molecule has 0 atom stereocenters. The number of hydrogen-bond acceptors (Lipinski definition) is 6. The maximum atomic E-state index is 12.7. The predicted octanol–water partition coefficient (Wildman–Crippen LogP) is 5.45. The molecule has 1 amide bonds. The van der Waals surface area contributed by atoms with Crippen LogP contribution in [0.25, 0.3) is 10.6 Å². The molecule has 0 spiro atoms. The van der Waals surface area contributed by atoms with Crippen molar-refractivity contribution in [3.8, 4) is 10.6 Å². The number of thiazole rings is 2. The number of aromatic nitrogens is 2. The number of anilines is 1. The largest absolute Gasteiger partial charge is 0.416 e. The van der Waals surface area contributed by atoms with Crippen LogP contribution < -0.4 is 5.32 Å². The van der Waals surface area contributed by atoms with E-state index in [-0.39, 0.29) is 12.3 Å². The molecule has 1 N–H and O–H groups in total. The molecule has 0 aliphatic carbocycles. The molecule has 1 saturated heterocycles. The van der Waals surface area contributed by atoms with Gasteiger partial charge in [0.15, 0.2) is 5.13 Å². The molecular weight excluding hydrogens is 445 g/mol. The van der Waals surface area contributed by atoms with Crippen molar-refractivity contribution in [2.45, 2.75) is 38.4 Å². The lowest BCUT2D eigenvalue weighted by molar-refractivity contribution is -0.137. The van der Waals surface area contributed by atoms with Gasteiger partial charge in [0.2, 0.25) is 5.91 Å². The summed E-state index contributed by atoms with van der Waals surface area (Å²) in [4.78, 5) is 23.6. The van der Waals surface area contributed by atoms with Crippen LogP contribution >= 0.6 is 22.7 Å². The molecule has 3 aromatic rings. The zero-order valence-corrected chi connectivity index (χ0v) is 18.2. The number of amides is 1. The van der Waals surface area contributed by atoms with E-state index < -0.39 is 11.7 Å². The van der Waals surface area contributed by atoms with Gasteiger partial charge < -0.3 is 5.32 Å². The highest BCUT2D eigenvalue weighted by molar-refractivity contribution is 7.14. The van der Waals surface area contributed by atoms with E-state index >= 15 is 0 Å². The van der Waals surface area contributed by atoms with E-state index in [1.165, 1.54) is 54.1 Å². The molecule has 0 unspecified atom stereocenters. The molecule has 164 valence electrons. The number of rotatable bonds is 6. The van der Waals surface area contributed by atoms with Gasteiger partial charge in [-0.2, -0.15) is 13.2 Å². The van der Waals surface area contributed by atoms with Crippen molar-refractivity contribution in [2.24, 2.45) is 0 Å². The zero-order valence-electron chi connectivity index (χ0n) is 16.6. The molecule has 2 aromatic heterocycles. The first-order valence-corrected chi connectivity index (χ1v) is 11.7. The fourth-order valence-electron chi connectivity index (χ4n) is 3.43. The normalized spacial score (nSPS) is 15.2. The summed E-state index contributed by atoms with van der Waals surface area (Å²) in [6, 6.07) is 4.86. The van der Waals surface area contributed by atoms with Crippen LogP contribution in [0.1, 0.15) is 36.2 Å². The topological polar surface area (TPSA) is 58.1 Å². The molecule has 1 aliphatic rings. The lowest BCUT2D eigenvalue weighted by atomic mass is 10.1. The summed E-state index contributed by atoms with van der Waals surface area (Å²) in [6.45, 7) is 2.98. The quantitative estimate of drug-likeness (QED) is 0.525. The number of carbonyl (C=O) groups excluding carboxylic acids is 1. The van der Waals surface area contributed by atoms with Gasteiger partial charge in [0, 0.05) is 22.9 Å². The smallest absolute Gasteiger partial charge is 0.302 e. The van der Waals surface area contributed by atoms with E-state index in [1.807, 2.05) is 5.38 Å². The van der Waals surface area contributed by atoms with Crippen molar-refractivity contribution in [3.63, 3.8) is 0 Å². The van der Waals surface area contributed by atoms with Crippen molar-refractivity contribution < 1.29 is 18.0 Å². The van der Waals surface area contributed by atoms with Gasteiger partial charge in [-0.05, 0) is 38.1 Å². The Hall–Kier alpha value is -2.30. The Morgan fingerprint density at radius 2 is 1.71 bits per heavy atom. The van der Waals surface area contributed by atoms with E-state index in [4.69, 9.17) is 0 Å². The van der Waals surface area contributed by atoms with Gasteiger partial charge >= 0.3 is 6.18 Å². The Morgan fingerprint density at radius 1 is 1.00 bits per heavy atom. The maximum Gasteiger partial charge on any atom is 0.416 e. The number of halogens is 3. The van der Waals surface area contributed by atoms with Crippen molar-refractivity contribution in [1.82, 2.24) is 14.9 Å². The predicted molar refractivity (Wildman–Crippen MR) is 116 cm³/mol. The van der Waals surface area contributed by atoms with E-state index in [0.717, 1.165) is 37.5 Å². The molecule has 0 bridgehead atoms.